The van der Waals surface area contributed by atoms with E-state index in [-0.39, 0.29) is 6.10 Å². The number of hydrogen-bond donors (Lipinski definition) is 0. The minimum atomic E-state index is 0.0149. The van der Waals surface area contributed by atoms with Crippen molar-refractivity contribution in [2.24, 2.45) is 0 Å². The van der Waals surface area contributed by atoms with Crippen LogP contribution in [0.25, 0.3) is 0 Å². The normalized spacial score (nSPS) is 21.6. The van der Waals surface area contributed by atoms with Crippen LogP contribution in [0.15, 0.2) is 11.5 Å². The van der Waals surface area contributed by atoms with E-state index in [2.05, 4.69) is 0 Å². The van der Waals surface area contributed by atoms with Crippen molar-refractivity contribution in [1.29, 1.82) is 0 Å². The van der Waals surface area contributed by atoms with Crippen molar-refractivity contribution in [2.75, 3.05) is 7.11 Å². The zero-order valence-electron chi connectivity index (χ0n) is 9.13. The van der Waals surface area contributed by atoms with Gasteiger partial charge in [0.25, 0.3) is 5.95 Å². The molecule has 0 N–H and O–H groups in total. The maximum atomic E-state index is 11.2. The van der Waals surface area contributed by atoms with Crippen LogP contribution in [-0.2, 0) is 14.3 Å². The molecule has 0 aliphatic heterocycles. The van der Waals surface area contributed by atoms with Gasteiger partial charge < -0.3 is 9.47 Å². The van der Waals surface area contributed by atoms with Crippen LogP contribution in [0.4, 0.5) is 0 Å². The summed E-state index contributed by atoms with van der Waals surface area (Å²) in [7, 11) is 1.59. The molecule has 0 saturated heterocycles. The topological polar surface area (TPSA) is 35.5 Å². The van der Waals surface area contributed by atoms with Gasteiger partial charge in [-0.3, -0.25) is 4.79 Å². The minimum absolute atomic E-state index is 0.0149. The largest absolute Gasteiger partial charge is 0.469 e. The second-order valence-electron chi connectivity index (χ2n) is 3.87. The molecule has 0 aromatic carbocycles. The highest BCUT2D eigenvalue weighted by molar-refractivity contribution is 5.79. The SMILES string of the molecule is COC(OC1CCCC(=O)C1)=C(C)C. The molecular weight excluding hydrogens is 180 g/mol. The average molecular weight is 198 g/mol. The van der Waals surface area contributed by atoms with Crippen LogP contribution in [0.1, 0.15) is 39.5 Å². The number of carbonyl (C=O) groups excluding carboxylic acids is 1. The summed E-state index contributed by atoms with van der Waals surface area (Å²) in [6, 6.07) is 0. The van der Waals surface area contributed by atoms with Crippen LogP contribution < -0.4 is 0 Å². The number of methoxy groups -OCH3 is 1. The first-order chi connectivity index (χ1) is 6.63. The molecule has 1 saturated carbocycles. The highest BCUT2D eigenvalue weighted by Crippen LogP contribution is 2.21. The summed E-state index contributed by atoms with van der Waals surface area (Å²) in [6.07, 6.45) is 3.13. The van der Waals surface area contributed by atoms with E-state index in [1.54, 1.807) is 7.11 Å². The Kier molecular flexibility index (Phi) is 3.98. The van der Waals surface area contributed by atoms with Crippen molar-refractivity contribution in [2.45, 2.75) is 45.6 Å². The number of allylic oxidation sites excluding steroid dienone is 1. The Morgan fingerprint density at radius 1 is 1.43 bits per heavy atom. The fourth-order valence-electron chi connectivity index (χ4n) is 1.61. The van der Waals surface area contributed by atoms with Gasteiger partial charge in [-0.15, -0.1) is 0 Å². The molecule has 14 heavy (non-hydrogen) atoms. The molecule has 3 heteroatoms. The summed E-state index contributed by atoms with van der Waals surface area (Å²) >= 11 is 0. The van der Waals surface area contributed by atoms with Crippen LogP contribution in [0.5, 0.6) is 0 Å². The van der Waals surface area contributed by atoms with Gasteiger partial charge in [-0.2, -0.15) is 0 Å². The molecule has 1 aliphatic rings. The van der Waals surface area contributed by atoms with E-state index >= 15 is 0 Å². The van der Waals surface area contributed by atoms with Gasteiger partial charge in [0.1, 0.15) is 11.9 Å². The zero-order chi connectivity index (χ0) is 10.6. The first kappa shape index (κ1) is 11.1. The summed E-state index contributed by atoms with van der Waals surface area (Å²) in [5, 5.41) is 0. The van der Waals surface area contributed by atoms with Gasteiger partial charge in [0, 0.05) is 18.4 Å². The predicted octanol–water partition coefficient (Wildman–Crippen LogP) is 2.41. The number of hydrogen-bond acceptors (Lipinski definition) is 3. The number of ether oxygens (including phenoxy) is 2. The van der Waals surface area contributed by atoms with Crippen LogP contribution in [0.2, 0.25) is 0 Å². The summed E-state index contributed by atoms with van der Waals surface area (Å²) in [6.45, 7) is 3.87. The maximum absolute atomic E-state index is 11.2. The quantitative estimate of drug-likeness (QED) is 0.653. The Morgan fingerprint density at radius 2 is 2.14 bits per heavy atom. The van der Waals surface area contributed by atoms with Gasteiger partial charge in [0.15, 0.2) is 0 Å². The zero-order valence-corrected chi connectivity index (χ0v) is 9.13. The fourth-order valence-corrected chi connectivity index (χ4v) is 1.61. The Hall–Kier alpha value is -0.990. The Bertz CT molecular complexity index is 239. The van der Waals surface area contributed by atoms with Gasteiger partial charge >= 0.3 is 0 Å². The van der Waals surface area contributed by atoms with Crippen molar-refractivity contribution in [3.8, 4) is 0 Å². The molecule has 0 heterocycles. The molecule has 1 unspecified atom stereocenters. The van der Waals surface area contributed by atoms with E-state index in [4.69, 9.17) is 9.47 Å². The molecule has 1 atom stereocenters. The first-order valence-electron chi connectivity index (χ1n) is 5.03. The third kappa shape index (κ3) is 3.05. The van der Waals surface area contributed by atoms with Gasteiger partial charge in [0.2, 0.25) is 0 Å². The summed E-state index contributed by atoms with van der Waals surface area (Å²) in [5.74, 6) is 0.857. The number of Topliss-reactive ketones (excluding diaryl/α,β-unsaturated/α-hetero) is 1. The van der Waals surface area contributed by atoms with E-state index < -0.39 is 0 Å². The molecule has 0 spiro atoms. The molecule has 3 nitrogen and oxygen atoms in total. The van der Waals surface area contributed by atoms with Gasteiger partial charge in [-0.1, -0.05) is 0 Å². The monoisotopic (exact) mass is 198 g/mol. The number of rotatable bonds is 3. The first-order valence-corrected chi connectivity index (χ1v) is 5.03. The smallest absolute Gasteiger partial charge is 0.277 e. The van der Waals surface area contributed by atoms with E-state index in [1.807, 2.05) is 13.8 Å². The van der Waals surface area contributed by atoms with Crippen molar-refractivity contribution in [3.05, 3.63) is 11.5 Å². The van der Waals surface area contributed by atoms with E-state index in [0.29, 0.717) is 24.6 Å². The predicted molar refractivity (Wildman–Crippen MR) is 53.7 cm³/mol. The Morgan fingerprint density at radius 3 is 2.64 bits per heavy atom. The van der Waals surface area contributed by atoms with Crippen molar-refractivity contribution < 1.29 is 14.3 Å². The second-order valence-corrected chi connectivity index (χ2v) is 3.87. The summed E-state index contributed by atoms with van der Waals surface area (Å²) in [5.41, 5.74) is 1.01. The van der Waals surface area contributed by atoms with Crippen LogP contribution >= 0.6 is 0 Å². The van der Waals surface area contributed by atoms with Gasteiger partial charge in [-0.05, 0) is 26.7 Å². The molecule has 1 rings (SSSR count). The summed E-state index contributed by atoms with van der Waals surface area (Å²) in [4.78, 5) is 11.2. The number of ketones is 1. The average Bonchev–Trinajstić information content (AvgIpc) is 2.14. The molecule has 80 valence electrons. The third-order valence-electron chi connectivity index (χ3n) is 2.30. The molecule has 1 fully saturated rings. The van der Waals surface area contributed by atoms with Crippen molar-refractivity contribution >= 4 is 5.78 Å². The van der Waals surface area contributed by atoms with Crippen LogP contribution in [0, 0.1) is 0 Å². The Balaban J connectivity index is 2.50. The Labute approximate surface area is 85.1 Å². The van der Waals surface area contributed by atoms with Gasteiger partial charge in [0.05, 0.1) is 7.11 Å². The molecule has 0 aromatic rings. The highest BCUT2D eigenvalue weighted by atomic mass is 16.7. The molecule has 0 bridgehead atoms. The molecule has 1 aliphatic carbocycles. The van der Waals surface area contributed by atoms with Crippen molar-refractivity contribution in [3.63, 3.8) is 0 Å². The third-order valence-corrected chi connectivity index (χ3v) is 2.30. The fraction of sp³-hybridized carbons (Fsp3) is 0.727. The minimum Gasteiger partial charge on any atom is -0.469 e. The summed E-state index contributed by atoms with van der Waals surface area (Å²) < 4.78 is 10.7. The molecule has 0 radical (unpaired) electrons. The molecular formula is C11H18O3. The standard InChI is InChI=1S/C11H18O3/c1-8(2)11(13-3)14-10-6-4-5-9(12)7-10/h10H,4-7H2,1-3H3. The molecule has 0 amide bonds. The van der Waals surface area contributed by atoms with E-state index in [0.717, 1.165) is 18.4 Å². The number of carbonyl (C=O) groups is 1. The lowest BCUT2D eigenvalue weighted by Crippen LogP contribution is -2.23. The van der Waals surface area contributed by atoms with Gasteiger partial charge in [-0.25, -0.2) is 0 Å². The van der Waals surface area contributed by atoms with Crippen LogP contribution in [0.3, 0.4) is 0 Å². The maximum Gasteiger partial charge on any atom is 0.277 e. The lowest BCUT2D eigenvalue weighted by molar-refractivity contribution is -0.124. The lowest BCUT2D eigenvalue weighted by Gasteiger charge is -2.23. The van der Waals surface area contributed by atoms with Crippen molar-refractivity contribution in [1.82, 2.24) is 0 Å². The van der Waals surface area contributed by atoms with Crippen LogP contribution in [-0.4, -0.2) is 19.0 Å². The second kappa shape index (κ2) is 5.03. The molecule has 0 aromatic heterocycles. The highest BCUT2D eigenvalue weighted by Gasteiger charge is 2.22. The van der Waals surface area contributed by atoms with E-state index in [9.17, 15) is 4.79 Å². The lowest BCUT2D eigenvalue weighted by atomic mass is 9.96. The van der Waals surface area contributed by atoms with E-state index in [1.165, 1.54) is 0 Å².